The van der Waals surface area contributed by atoms with Crippen LogP contribution < -0.4 is 9.47 Å². The second kappa shape index (κ2) is 6.48. The van der Waals surface area contributed by atoms with E-state index < -0.39 is 0 Å². The molecule has 4 heteroatoms. The van der Waals surface area contributed by atoms with Crippen molar-refractivity contribution in [1.29, 1.82) is 0 Å². The van der Waals surface area contributed by atoms with E-state index in [2.05, 4.69) is 0 Å². The Bertz CT molecular complexity index is 648. The van der Waals surface area contributed by atoms with Crippen molar-refractivity contribution in [3.63, 3.8) is 0 Å². The normalized spacial score (nSPS) is 10.5. The number of fused-ring (bicyclic) bond motifs is 1. The van der Waals surface area contributed by atoms with Crippen LogP contribution in [-0.4, -0.2) is 38.1 Å². The van der Waals surface area contributed by atoms with Crippen LogP contribution in [0.4, 0.5) is 0 Å². The number of amides is 1. The minimum absolute atomic E-state index is 0.0352. The topological polar surface area (TPSA) is 38.8 Å². The van der Waals surface area contributed by atoms with Gasteiger partial charge in [-0.1, -0.05) is 24.3 Å². The predicted octanol–water partition coefficient (Wildman–Crippen LogP) is 3.34. The lowest BCUT2D eigenvalue weighted by Crippen LogP contribution is -2.31. The molecule has 0 saturated carbocycles. The van der Waals surface area contributed by atoms with Gasteiger partial charge in [-0.25, -0.2) is 0 Å². The zero-order chi connectivity index (χ0) is 15.4. The molecule has 0 unspecified atom stereocenters. The Kier molecular flexibility index (Phi) is 4.68. The minimum atomic E-state index is -0.0352. The van der Waals surface area contributed by atoms with E-state index in [-0.39, 0.29) is 5.91 Å². The van der Waals surface area contributed by atoms with E-state index in [1.54, 1.807) is 19.1 Å². The lowest BCUT2D eigenvalue weighted by molar-refractivity contribution is 0.0771. The zero-order valence-corrected chi connectivity index (χ0v) is 13.0. The Morgan fingerprint density at radius 3 is 2.33 bits per heavy atom. The molecule has 0 radical (unpaired) electrons. The molecule has 1 amide bonds. The molecular weight excluding hydrogens is 266 g/mol. The summed E-state index contributed by atoms with van der Waals surface area (Å²) in [6.07, 6.45) is 0. The van der Waals surface area contributed by atoms with E-state index in [0.29, 0.717) is 30.2 Å². The van der Waals surface area contributed by atoms with Gasteiger partial charge < -0.3 is 14.4 Å². The highest BCUT2D eigenvalue weighted by Crippen LogP contribution is 2.38. The Balaban J connectivity index is 2.76. The summed E-state index contributed by atoms with van der Waals surface area (Å²) < 4.78 is 10.8. The Labute approximate surface area is 125 Å². The van der Waals surface area contributed by atoms with E-state index in [9.17, 15) is 4.79 Å². The third-order valence-electron chi connectivity index (χ3n) is 3.66. The number of ether oxygens (including phenoxy) is 2. The number of carbonyl (C=O) groups excluding carboxylic acids is 1. The second-order valence-corrected chi connectivity index (χ2v) is 4.69. The van der Waals surface area contributed by atoms with Crippen molar-refractivity contribution in [3.05, 3.63) is 35.9 Å². The summed E-state index contributed by atoms with van der Waals surface area (Å²) in [5.41, 5.74) is 0.566. The molecule has 0 aromatic heterocycles. The third-order valence-corrected chi connectivity index (χ3v) is 3.66. The molecule has 0 fully saturated rings. The van der Waals surface area contributed by atoms with E-state index in [0.717, 1.165) is 10.8 Å². The molecule has 2 aromatic rings. The minimum Gasteiger partial charge on any atom is -0.493 e. The van der Waals surface area contributed by atoms with Crippen LogP contribution in [0.1, 0.15) is 24.2 Å². The number of benzene rings is 2. The number of carbonyl (C=O) groups is 1. The third kappa shape index (κ3) is 2.66. The van der Waals surface area contributed by atoms with Gasteiger partial charge in [0.1, 0.15) is 0 Å². The lowest BCUT2D eigenvalue weighted by atomic mass is 10.0. The van der Waals surface area contributed by atoms with Gasteiger partial charge in [-0.3, -0.25) is 4.79 Å². The van der Waals surface area contributed by atoms with Crippen molar-refractivity contribution in [1.82, 2.24) is 4.90 Å². The summed E-state index contributed by atoms with van der Waals surface area (Å²) in [6.45, 7) is 5.25. The highest BCUT2D eigenvalue weighted by Gasteiger charge is 2.23. The average molecular weight is 287 g/mol. The van der Waals surface area contributed by atoms with Crippen LogP contribution >= 0.6 is 0 Å². The highest BCUT2D eigenvalue weighted by molar-refractivity contribution is 6.10. The van der Waals surface area contributed by atoms with Gasteiger partial charge in [0.05, 0.1) is 19.8 Å². The Hall–Kier alpha value is -2.23. The first-order valence-electron chi connectivity index (χ1n) is 7.10. The fraction of sp³-hybridized carbons (Fsp3) is 0.353. The summed E-state index contributed by atoms with van der Waals surface area (Å²) in [7, 11) is 3.14. The van der Waals surface area contributed by atoms with Crippen molar-refractivity contribution in [2.45, 2.75) is 13.8 Å². The van der Waals surface area contributed by atoms with Crippen molar-refractivity contribution in [3.8, 4) is 11.5 Å². The van der Waals surface area contributed by atoms with Gasteiger partial charge in [0, 0.05) is 13.1 Å². The molecule has 4 nitrogen and oxygen atoms in total. The molecule has 0 aliphatic rings. The molecule has 0 aliphatic heterocycles. The number of hydrogen-bond donors (Lipinski definition) is 0. The molecule has 2 aromatic carbocycles. The Morgan fingerprint density at radius 1 is 1.10 bits per heavy atom. The van der Waals surface area contributed by atoms with E-state index in [1.165, 1.54) is 0 Å². The SMILES string of the molecule is CCN(CC)C(=O)c1c(OC)c(OC)cc2ccccc12. The fourth-order valence-electron chi connectivity index (χ4n) is 2.54. The van der Waals surface area contributed by atoms with Gasteiger partial charge in [0.15, 0.2) is 11.5 Å². The standard InChI is InChI=1S/C17H21NO3/c1-5-18(6-2)17(19)15-13-10-8-7-9-12(13)11-14(20-3)16(15)21-4/h7-11H,5-6H2,1-4H3. The molecule has 2 rings (SSSR count). The van der Waals surface area contributed by atoms with E-state index in [1.807, 2.05) is 44.2 Å². The van der Waals surface area contributed by atoms with Crippen molar-refractivity contribution < 1.29 is 14.3 Å². The highest BCUT2D eigenvalue weighted by atomic mass is 16.5. The molecule has 0 bridgehead atoms. The molecule has 0 N–H and O–H groups in total. The Morgan fingerprint density at radius 2 is 1.76 bits per heavy atom. The molecular formula is C17H21NO3. The molecule has 0 spiro atoms. The number of methoxy groups -OCH3 is 2. The van der Waals surface area contributed by atoms with Crippen LogP contribution in [0.2, 0.25) is 0 Å². The second-order valence-electron chi connectivity index (χ2n) is 4.69. The fourth-order valence-corrected chi connectivity index (χ4v) is 2.54. The van der Waals surface area contributed by atoms with Gasteiger partial charge in [-0.15, -0.1) is 0 Å². The zero-order valence-electron chi connectivity index (χ0n) is 13.0. The first-order chi connectivity index (χ1) is 10.2. The van der Waals surface area contributed by atoms with Crippen LogP contribution in [0.15, 0.2) is 30.3 Å². The maximum atomic E-state index is 12.9. The maximum absolute atomic E-state index is 12.9. The first kappa shape index (κ1) is 15.2. The summed E-state index contributed by atoms with van der Waals surface area (Å²) in [5.74, 6) is 1.03. The van der Waals surface area contributed by atoms with Crippen molar-refractivity contribution >= 4 is 16.7 Å². The van der Waals surface area contributed by atoms with Gasteiger partial charge in [-0.2, -0.15) is 0 Å². The lowest BCUT2D eigenvalue weighted by Gasteiger charge is -2.22. The smallest absolute Gasteiger partial charge is 0.258 e. The number of nitrogens with zero attached hydrogens (tertiary/aromatic N) is 1. The first-order valence-corrected chi connectivity index (χ1v) is 7.10. The van der Waals surface area contributed by atoms with Crippen LogP contribution in [0.3, 0.4) is 0 Å². The maximum Gasteiger partial charge on any atom is 0.258 e. The van der Waals surface area contributed by atoms with Gasteiger partial charge in [-0.05, 0) is 30.7 Å². The van der Waals surface area contributed by atoms with Gasteiger partial charge >= 0.3 is 0 Å². The molecule has 0 saturated heterocycles. The average Bonchev–Trinajstić information content (AvgIpc) is 2.53. The van der Waals surface area contributed by atoms with Crippen molar-refractivity contribution in [2.75, 3.05) is 27.3 Å². The molecule has 21 heavy (non-hydrogen) atoms. The summed E-state index contributed by atoms with van der Waals surface area (Å²) in [4.78, 5) is 14.6. The summed E-state index contributed by atoms with van der Waals surface area (Å²) in [5, 5.41) is 1.85. The largest absolute Gasteiger partial charge is 0.493 e. The summed E-state index contributed by atoms with van der Waals surface area (Å²) >= 11 is 0. The number of rotatable bonds is 5. The van der Waals surface area contributed by atoms with Crippen LogP contribution in [0.5, 0.6) is 11.5 Å². The predicted molar refractivity (Wildman–Crippen MR) is 84.3 cm³/mol. The van der Waals surface area contributed by atoms with E-state index >= 15 is 0 Å². The van der Waals surface area contributed by atoms with Gasteiger partial charge in [0.2, 0.25) is 0 Å². The van der Waals surface area contributed by atoms with Crippen molar-refractivity contribution in [2.24, 2.45) is 0 Å². The quantitative estimate of drug-likeness (QED) is 0.846. The molecule has 0 heterocycles. The van der Waals surface area contributed by atoms with Gasteiger partial charge in [0.25, 0.3) is 5.91 Å². The number of hydrogen-bond acceptors (Lipinski definition) is 3. The monoisotopic (exact) mass is 287 g/mol. The van der Waals surface area contributed by atoms with Crippen LogP contribution in [0, 0.1) is 0 Å². The molecule has 112 valence electrons. The molecule has 0 atom stereocenters. The summed E-state index contributed by atoms with van der Waals surface area (Å²) in [6, 6.07) is 9.67. The van der Waals surface area contributed by atoms with Crippen LogP contribution in [0.25, 0.3) is 10.8 Å². The van der Waals surface area contributed by atoms with E-state index in [4.69, 9.17) is 9.47 Å². The molecule has 0 aliphatic carbocycles. The van der Waals surface area contributed by atoms with Crippen LogP contribution in [-0.2, 0) is 0 Å².